The van der Waals surface area contributed by atoms with Gasteiger partial charge in [-0.25, -0.2) is 9.97 Å². The highest BCUT2D eigenvalue weighted by Crippen LogP contribution is 2.38. The lowest BCUT2D eigenvalue weighted by molar-refractivity contribution is -0.141. The van der Waals surface area contributed by atoms with E-state index in [0.717, 1.165) is 16.6 Å². The van der Waals surface area contributed by atoms with Gasteiger partial charge < -0.3 is 14.2 Å². The van der Waals surface area contributed by atoms with E-state index < -0.39 is 17.7 Å². The van der Waals surface area contributed by atoms with Gasteiger partial charge in [0.25, 0.3) is 0 Å². The average Bonchev–Trinajstić information content (AvgIpc) is 3.10. The van der Waals surface area contributed by atoms with Gasteiger partial charge in [-0.3, -0.25) is 9.20 Å². The van der Waals surface area contributed by atoms with Crippen LogP contribution in [-0.2, 0) is 6.18 Å². The van der Waals surface area contributed by atoms with Crippen LogP contribution in [0.15, 0.2) is 36.7 Å². The van der Waals surface area contributed by atoms with Crippen molar-refractivity contribution in [1.29, 1.82) is 0 Å². The first-order valence-corrected chi connectivity index (χ1v) is 8.22. The first kappa shape index (κ1) is 20.2. The number of halogens is 3. The fourth-order valence-corrected chi connectivity index (χ4v) is 2.75. The number of alkyl halides is 3. The van der Waals surface area contributed by atoms with Crippen molar-refractivity contribution in [2.75, 3.05) is 21.3 Å². The molecule has 10 heteroatoms. The van der Waals surface area contributed by atoms with Crippen LogP contribution in [0.3, 0.4) is 0 Å². The van der Waals surface area contributed by atoms with Crippen molar-refractivity contribution in [2.45, 2.75) is 6.18 Å². The minimum atomic E-state index is -4.71. The maximum absolute atomic E-state index is 13.3. The number of hydrogen-bond acceptors (Lipinski definition) is 6. The van der Waals surface area contributed by atoms with Gasteiger partial charge in [0.2, 0.25) is 11.5 Å². The lowest BCUT2D eigenvalue weighted by Gasteiger charge is -2.13. The molecule has 0 bridgehead atoms. The van der Waals surface area contributed by atoms with E-state index in [-0.39, 0.29) is 28.5 Å². The fourth-order valence-electron chi connectivity index (χ4n) is 2.75. The van der Waals surface area contributed by atoms with Crippen molar-refractivity contribution in [3.63, 3.8) is 0 Å². The molecule has 3 rings (SSSR count). The third-order valence-electron chi connectivity index (χ3n) is 4.05. The van der Waals surface area contributed by atoms with Crippen LogP contribution in [0.2, 0.25) is 0 Å². The molecule has 152 valence electrons. The van der Waals surface area contributed by atoms with E-state index >= 15 is 0 Å². The van der Waals surface area contributed by atoms with Crippen molar-refractivity contribution in [1.82, 2.24) is 14.4 Å². The van der Waals surface area contributed by atoms with Crippen LogP contribution in [0.1, 0.15) is 21.7 Å². The molecule has 0 saturated carbocycles. The SMILES string of the molecule is COc1cc(C(=O)/C=C/c2c(C(F)(F)F)nc3ncccn23)cc(OC)c1OC. The summed E-state index contributed by atoms with van der Waals surface area (Å²) in [6, 6.07) is 4.29. The number of fused-ring (bicyclic) bond motifs is 1. The van der Waals surface area contributed by atoms with E-state index in [1.807, 2.05) is 0 Å². The predicted octanol–water partition coefficient (Wildman–Crippen LogP) is 3.67. The summed E-state index contributed by atoms with van der Waals surface area (Å²) in [5.74, 6) is 0.107. The van der Waals surface area contributed by atoms with E-state index in [1.165, 1.54) is 51.9 Å². The topological polar surface area (TPSA) is 75.0 Å². The second-order valence-corrected chi connectivity index (χ2v) is 5.74. The van der Waals surface area contributed by atoms with Gasteiger partial charge in [-0.15, -0.1) is 0 Å². The summed E-state index contributed by atoms with van der Waals surface area (Å²) in [5.41, 5.74) is -1.29. The van der Waals surface area contributed by atoms with E-state index in [9.17, 15) is 18.0 Å². The summed E-state index contributed by atoms with van der Waals surface area (Å²) in [6.45, 7) is 0. The number of rotatable bonds is 6. The van der Waals surface area contributed by atoms with Crippen LogP contribution in [-0.4, -0.2) is 41.5 Å². The molecule has 0 amide bonds. The van der Waals surface area contributed by atoms with Crippen LogP contribution in [0.4, 0.5) is 13.2 Å². The fraction of sp³-hybridized carbons (Fsp3) is 0.211. The van der Waals surface area contributed by atoms with Crippen LogP contribution >= 0.6 is 0 Å². The smallest absolute Gasteiger partial charge is 0.435 e. The van der Waals surface area contributed by atoms with Crippen LogP contribution in [0, 0.1) is 0 Å². The Hall–Kier alpha value is -3.56. The molecule has 7 nitrogen and oxygen atoms in total. The Kier molecular flexibility index (Phi) is 5.44. The zero-order chi connectivity index (χ0) is 21.2. The molecule has 0 atom stereocenters. The number of ether oxygens (including phenoxy) is 3. The number of benzene rings is 1. The maximum atomic E-state index is 13.3. The third-order valence-corrected chi connectivity index (χ3v) is 4.05. The van der Waals surface area contributed by atoms with E-state index in [0.29, 0.717) is 5.75 Å². The molecule has 0 fully saturated rings. The Bertz CT molecular complexity index is 1060. The molecule has 0 aliphatic rings. The predicted molar refractivity (Wildman–Crippen MR) is 97.5 cm³/mol. The molecule has 0 aliphatic heterocycles. The van der Waals surface area contributed by atoms with Crippen molar-refractivity contribution in [3.05, 3.63) is 53.6 Å². The number of nitrogens with zero attached hydrogens (tertiary/aromatic N) is 3. The van der Waals surface area contributed by atoms with E-state index in [4.69, 9.17) is 14.2 Å². The molecule has 3 aromatic rings. The van der Waals surface area contributed by atoms with Crippen LogP contribution in [0.25, 0.3) is 11.9 Å². The molecule has 0 aliphatic carbocycles. The monoisotopic (exact) mass is 407 g/mol. The van der Waals surface area contributed by atoms with E-state index in [1.54, 1.807) is 0 Å². The van der Waals surface area contributed by atoms with Gasteiger partial charge in [-0.1, -0.05) is 0 Å². The second kappa shape index (κ2) is 7.82. The van der Waals surface area contributed by atoms with Gasteiger partial charge in [0.15, 0.2) is 23.0 Å². The number of hydrogen-bond donors (Lipinski definition) is 0. The molecule has 0 unspecified atom stereocenters. The van der Waals surface area contributed by atoms with Gasteiger partial charge in [0.1, 0.15) is 0 Å². The number of carbonyl (C=O) groups excluding carboxylic acids is 1. The molecule has 2 aromatic heterocycles. The number of ketones is 1. The molecule has 0 N–H and O–H groups in total. The van der Waals surface area contributed by atoms with Crippen molar-refractivity contribution >= 4 is 17.6 Å². The summed E-state index contributed by atoms with van der Waals surface area (Å²) < 4.78 is 56.8. The highest BCUT2D eigenvalue weighted by Gasteiger charge is 2.37. The third kappa shape index (κ3) is 3.86. The van der Waals surface area contributed by atoms with Gasteiger partial charge in [-0.05, 0) is 30.4 Å². The number of allylic oxidation sites excluding steroid dienone is 1. The minimum Gasteiger partial charge on any atom is -0.493 e. The summed E-state index contributed by atoms with van der Waals surface area (Å²) >= 11 is 0. The molecular formula is C19H16F3N3O4. The van der Waals surface area contributed by atoms with Crippen LogP contribution in [0.5, 0.6) is 17.2 Å². The highest BCUT2D eigenvalue weighted by molar-refractivity contribution is 6.07. The molecule has 0 radical (unpaired) electrons. The second-order valence-electron chi connectivity index (χ2n) is 5.74. The zero-order valence-electron chi connectivity index (χ0n) is 15.6. The summed E-state index contributed by atoms with van der Waals surface area (Å²) in [6.07, 6.45) is 0.0799. The Morgan fingerprint density at radius 2 is 1.76 bits per heavy atom. The molecule has 0 spiro atoms. The van der Waals surface area contributed by atoms with Crippen LogP contribution < -0.4 is 14.2 Å². The lowest BCUT2D eigenvalue weighted by Crippen LogP contribution is -2.08. The molecule has 1 aromatic carbocycles. The number of aromatic nitrogens is 3. The summed E-state index contributed by atoms with van der Waals surface area (Å²) in [7, 11) is 4.20. The highest BCUT2D eigenvalue weighted by atomic mass is 19.4. The number of imidazole rings is 1. The molecule has 29 heavy (non-hydrogen) atoms. The lowest BCUT2D eigenvalue weighted by atomic mass is 10.1. The van der Waals surface area contributed by atoms with E-state index in [2.05, 4.69) is 9.97 Å². The number of methoxy groups -OCH3 is 3. The van der Waals surface area contributed by atoms with Gasteiger partial charge >= 0.3 is 6.18 Å². The van der Waals surface area contributed by atoms with Gasteiger partial charge in [0.05, 0.1) is 27.0 Å². The average molecular weight is 407 g/mol. The summed E-state index contributed by atoms with van der Waals surface area (Å²) in [5, 5.41) is 0. The zero-order valence-corrected chi connectivity index (χ0v) is 15.6. The van der Waals surface area contributed by atoms with Gasteiger partial charge in [-0.2, -0.15) is 13.2 Å². The quantitative estimate of drug-likeness (QED) is 0.459. The van der Waals surface area contributed by atoms with Crippen molar-refractivity contribution in [3.8, 4) is 17.2 Å². The molecule has 0 saturated heterocycles. The first-order valence-electron chi connectivity index (χ1n) is 8.22. The molecular weight excluding hydrogens is 391 g/mol. The first-order chi connectivity index (χ1) is 13.8. The minimum absolute atomic E-state index is 0.125. The van der Waals surface area contributed by atoms with Crippen molar-refractivity contribution < 1.29 is 32.2 Å². The Morgan fingerprint density at radius 1 is 1.10 bits per heavy atom. The van der Waals surface area contributed by atoms with Gasteiger partial charge in [0, 0.05) is 18.0 Å². The summed E-state index contributed by atoms with van der Waals surface area (Å²) in [4.78, 5) is 19.9. The standard InChI is InChI=1S/C19H16F3N3O4/c1-27-14-9-11(10-15(28-2)16(14)29-3)13(26)6-5-12-17(19(20,21)22)24-18-23-7-4-8-25(12)18/h4-10H,1-3H3/b6-5+. The number of carbonyl (C=O) groups is 1. The normalized spacial score (nSPS) is 11.8. The van der Waals surface area contributed by atoms with Crippen molar-refractivity contribution in [2.24, 2.45) is 0 Å². The largest absolute Gasteiger partial charge is 0.493 e. The Morgan fingerprint density at radius 3 is 2.31 bits per heavy atom. The Balaban J connectivity index is 2.04. The Labute approximate surface area is 163 Å². The molecule has 2 heterocycles. The maximum Gasteiger partial charge on any atom is 0.435 e.